The number of likely N-dealkylation sites (tertiary alicyclic amines) is 1. The largest absolute Gasteiger partial charge is 0.349 e. The maximum Gasteiger partial charge on any atom is 0.321 e. The zero-order valence-corrected chi connectivity index (χ0v) is 16.1. The Balaban J connectivity index is 1.56. The summed E-state index contributed by atoms with van der Waals surface area (Å²) >= 11 is 5.92. The van der Waals surface area contributed by atoms with Crippen LogP contribution in [0.1, 0.15) is 31.4 Å². The second kappa shape index (κ2) is 8.91. The Hall–Kier alpha value is -2.53. The Bertz CT molecular complexity index is 780. The molecule has 1 saturated heterocycles. The van der Waals surface area contributed by atoms with Crippen LogP contribution in [0.15, 0.2) is 54.6 Å². The first-order chi connectivity index (χ1) is 13.0. The first-order valence-electron chi connectivity index (χ1n) is 9.20. The standard InChI is InChI=1S/C21H24ClN3O2/c1-15(16-9-11-18(22)12-10-16)23-20(26)17-6-5-13-25(14-17)21(27)24-19-7-3-2-4-8-19/h2-4,7-12,15,17H,5-6,13-14H2,1H3,(H,23,26)(H,24,27)/t15-,17-/m0/s1. The Labute approximate surface area is 164 Å². The number of amides is 3. The molecule has 27 heavy (non-hydrogen) atoms. The van der Waals surface area contributed by atoms with Crippen LogP contribution in [0.3, 0.4) is 0 Å². The van der Waals surface area contributed by atoms with E-state index in [2.05, 4.69) is 10.6 Å². The SMILES string of the molecule is C[C@H](NC(=O)[C@H]1CCCN(C(=O)Nc2ccccc2)C1)c1ccc(Cl)cc1. The third kappa shape index (κ3) is 5.23. The highest BCUT2D eigenvalue weighted by Gasteiger charge is 2.29. The van der Waals surface area contributed by atoms with Crippen LogP contribution in [0.4, 0.5) is 10.5 Å². The number of anilines is 1. The molecule has 0 unspecified atom stereocenters. The van der Waals surface area contributed by atoms with Crippen molar-refractivity contribution < 1.29 is 9.59 Å². The summed E-state index contributed by atoms with van der Waals surface area (Å²) in [5.74, 6) is -0.218. The Morgan fingerprint density at radius 1 is 1.11 bits per heavy atom. The third-order valence-electron chi connectivity index (χ3n) is 4.83. The lowest BCUT2D eigenvalue weighted by Crippen LogP contribution is -2.47. The number of para-hydroxylation sites is 1. The van der Waals surface area contributed by atoms with E-state index in [1.807, 2.05) is 61.5 Å². The van der Waals surface area contributed by atoms with E-state index in [1.165, 1.54) is 0 Å². The molecule has 1 aliphatic heterocycles. The van der Waals surface area contributed by atoms with Crippen LogP contribution in [0, 0.1) is 5.92 Å². The first-order valence-corrected chi connectivity index (χ1v) is 9.57. The smallest absolute Gasteiger partial charge is 0.321 e. The van der Waals surface area contributed by atoms with E-state index in [4.69, 9.17) is 11.6 Å². The molecule has 6 heteroatoms. The number of halogens is 1. The molecule has 0 aromatic heterocycles. The zero-order chi connectivity index (χ0) is 19.2. The number of nitrogens with one attached hydrogen (secondary N) is 2. The van der Waals surface area contributed by atoms with Gasteiger partial charge >= 0.3 is 6.03 Å². The van der Waals surface area contributed by atoms with E-state index < -0.39 is 0 Å². The van der Waals surface area contributed by atoms with Crippen LogP contribution in [-0.2, 0) is 4.79 Å². The quantitative estimate of drug-likeness (QED) is 0.816. The van der Waals surface area contributed by atoms with E-state index in [-0.39, 0.29) is 23.9 Å². The molecule has 1 aliphatic rings. The summed E-state index contributed by atoms with van der Waals surface area (Å²) < 4.78 is 0. The lowest BCUT2D eigenvalue weighted by atomic mass is 9.96. The van der Waals surface area contributed by atoms with Crippen molar-refractivity contribution >= 4 is 29.2 Å². The van der Waals surface area contributed by atoms with Gasteiger partial charge in [0.05, 0.1) is 12.0 Å². The van der Waals surface area contributed by atoms with Crippen molar-refractivity contribution in [2.45, 2.75) is 25.8 Å². The predicted molar refractivity (Wildman–Crippen MR) is 108 cm³/mol. The summed E-state index contributed by atoms with van der Waals surface area (Å²) in [7, 11) is 0. The molecule has 1 fully saturated rings. The maximum atomic E-state index is 12.7. The second-order valence-corrected chi connectivity index (χ2v) is 7.30. The second-order valence-electron chi connectivity index (χ2n) is 6.86. The van der Waals surface area contributed by atoms with Gasteiger partial charge in [-0.3, -0.25) is 4.79 Å². The molecule has 0 saturated carbocycles. The molecule has 3 rings (SSSR count). The molecule has 0 radical (unpaired) electrons. The van der Waals surface area contributed by atoms with Crippen LogP contribution in [0.2, 0.25) is 5.02 Å². The zero-order valence-electron chi connectivity index (χ0n) is 15.3. The molecule has 1 heterocycles. The van der Waals surface area contributed by atoms with E-state index in [0.29, 0.717) is 18.1 Å². The monoisotopic (exact) mass is 385 g/mol. The molecular weight excluding hydrogens is 362 g/mol. The lowest BCUT2D eigenvalue weighted by Gasteiger charge is -2.32. The van der Waals surface area contributed by atoms with Crippen molar-refractivity contribution in [1.82, 2.24) is 10.2 Å². The van der Waals surface area contributed by atoms with Crippen LogP contribution in [-0.4, -0.2) is 29.9 Å². The van der Waals surface area contributed by atoms with Gasteiger partial charge in [0.1, 0.15) is 0 Å². The van der Waals surface area contributed by atoms with Gasteiger partial charge in [0, 0.05) is 23.8 Å². The molecule has 3 amide bonds. The minimum absolute atomic E-state index is 0.0188. The van der Waals surface area contributed by atoms with Gasteiger partial charge in [0.15, 0.2) is 0 Å². The average molecular weight is 386 g/mol. The van der Waals surface area contributed by atoms with Crippen molar-refractivity contribution in [3.8, 4) is 0 Å². The van der Waals surface area contributed by atoms with Gasteiger partial charge in [0.2, 0.25) is 5.91 Å². The summed E-state index contributed by atoms with van der Waals surface area (Å²) in [6, 6.07) is 16.5. The summed E-state index contributed by atoms with van der Waals surface area (Å²) in [6.45, 7) is 3.04. The summed E-state index contributed by atoms with van der Waals surface area (Å²) in [4.78, 5) is 26.9. The van der Waals surface area contributed by atoms with E-state index in [0.717, 1.165) is 24.1 Å². The number of piperidine rings is 1. The van der Waals surface area contributed by atoms with Crippen molar-refractivity contribution in [3.63, 3.8) is 0 Å². The minimum atomic E-state index is -0.199. The number of urea groups is 1. The van der Waals surface area contributed by atoms with Crippen LogP contribution in [0.5, 0.6) is 0 Å². The number of carbonyl (C=O) groups excluding carboxylic acids is 2. The molecule has 2 N–H and O–H groups in total. The van der Waals surface area contributed by atoms with Crippen LogP contribution < -0.4 is 10.6 Å². The Kier molecular flexibility index (Phi) is 6.35. The predicted octanol–water partition coefficient (Wildman–Crippen LogP) is 4.46. The molecule has 0 spiro atoms. The molecule has 0 aliphatic carbocycles. The van der Waals surface area contributed by atoms with E-state index in [1.54, 1.807) is 4.90 Å². The van der Waals surface area contributed by atoms with Crippen LogP contribution in [0.25, 0.3) is 0 Å². The molecule has 2 aromatic carbocycles. The lowest BCUT2D eigenvalue weighted by molar-refractivity contribution is -0.126. The van der Waals surface area contributed by atoms with Crippen molar-refractivity contribution in [2.24, 2.45) is 5.92 Å². The van der Waals surface area contributed by atoms with Gasteiger partial charge in [0.25, 0.3) is 0 Å². The number of nitrogens with zero attached hydrogens (tertiary/aromatic N) is 1. The van der Waals surface area contributed by atoms with Gasteiger partial charge in [-0.2, -0.15) is 0 Å². The number of hydrogen-bond acceptors (Lipinski definition) is 2. The Morgan fingerprint density at radius 2 is 1.81 bits per heavy atom. The van der Waals surface area contributed by atoms with Gasteiger partial charge in [-0.25, -0.2) is 4.79 Å². The highest BCUT2D eigenvalue weighted by molar-refractivity contribution is 6.30. The molecule has 0 bridgehead atoms. The van der Waals surface area contributed by atoms with Crippen molar-refractivity contribution in [3.05, 3.63) is 65.2 Å². The summed E-state index contributed by atoms with van der Waals surface area (Å²) in [5.41, 5.74) is 1.76. The third-order valence-corrected chi connectivity index (χ3v) is 5.09. The number of hydrogen-bond donors (Lipinski definition) is 2. The molecule has 2 atom stereocenters. The number of carbonyl (C=O) groups is 2. The van der Waals surface area contributed by atoms with E-state index in [9.17, 15) is 9.59 Å². The number of benzene rings is 2. The highest BCUT2D eigenvalue weighted by atomic mass is 35.5. The Morgan fingerprint density at radius 3 is 2.52 bits per heavy atom. The molecule has 5 nitrogen and oxygen atoms in total. The summed E-state index contributed by atoms with van der Waals surface area (Å²) in [5, 5.41) is 6.61. The first kappa shape index (κ1) is 19.2. The normalized spacial score (nSPS) is 17.9. The molecular formula is C21H24ClN3O2. The molecule has 142 valence electrons. The van der Waals surface area contributed by atoms with Crippen molar-refractivity contribution in [2.75, 3.05) is 18.4 Å². The minimum Gasteiger partial charge on any atom is -0.349 e. The fourth-order valence-corrected chi connectivity index (χ4v) is 3.39. The van der Waals surface area contributed by atoms with Gasteiger partial charge in [-0.1, -0.05) is 41.9 Å². The maximum absolute atomic E-state index is 12.7. The van der Waals surface area contributed by atoms with Gasteiger partial charge in [-0.05, 0) is 49.6 Å². The molecule has 2 aromatic rings. The van der Waals surface area contributed by atoms with Crippen LogP contribution >= 0.6 is 11.6 Å². The van der Waals surface area contributed by atoms with Gasteiger partial charge < -0.3 is 15.5 Å². The summed E-state index contributed by atoms with van der Waals surface area (Å²) in [6.07, 6.45) is 1.60. The fraction of sp³-hybridized carbons (Fsp3) is 0.333. The fourth-order valence-electron chi connectivity index (χ4n) is 3.27. The van der Waals surface area contributed by atoms with Crippen molar-refractivity contribution in [1.29, 1.82) is 0 Å². The highest BCUT2D eigenvalue weighted by Crippen LogP contribution is 2.21. The average Bonchev–Trinajstić information content (AvgIpc) is 2.69. The van der Waals surface area contributed by atoms with Gasteiger partial charge in [-0.15, -0.1) is 0 Å². The van der Waals surface area contributed by atoms with E-state index >= 15 is 0 Å². The topological polar surface area (TPSA) is 61.4 Å². The number of rotatable bonds is 4.